The Morgan fingerprint density at radius 2 is 1.66 bits per heavy atom. The number of anilines is 1. The van der Waals surface area contributed by atoms with Crippen LogP contribution in [0.15, 0.2) is 60.2 Å². The van der Waals surface area contributed by atoms with Crippen LogP contribution >= 0.6 is 23.2 Å². The molecule has 2 nitrogen and oxygen atoms in total. The highest BCUT2D eigenvalue weighted by atomic mass is 35.5. The van der Waals surface area contributed by atoms with Crippen LogP contribution in [0.1, 0.15) is 43.9 Å². The van der Waals surface area contributed by atoms with Gasteiger partial charge in [-0.3, -0.25) is 4.79 Å². The van der Waals surface area contributed by atoms with E-state index in [1.165, 1.54) is 10.8 Å². The highest BCUT2D eigenvalue weighted by Crippen LogP contribution is 2.53. The van der Waals surface area contributed by atoms with Crippen molar-refractivity contribution in [1.82, 2.24) is 0 Å². The minimum absolute atomic E-state index is 0.0870. The minimum atomic E-state index is -0.344. The molecule has 29 heavy (non-hydrogen) atoms. The number of carbonyl (C=O) groups is 1. The first kappa shape index (κ1) is 18.7. The van der Waals surface area contributed by atoms with Gasteiger partial charge in [-0.25, -0.2) is 0 Å². The molecule has 0 spiro atoms. The minimum Gasteiger partial charge on any atom is -0.373 e. The first-order valence-corrected chi connectivity index (χ1v) is 10.6. The fourth-order valence-corrected chi connectivity index (χ4v) is 5.46. The van der Waals surface area contributed by atoms with Crippen LogP contribution in [0, 0.1) is 5.41 Å². The molecule has 0 bridgehead atoms. The summed E-state index contributed by atoms with van der Waals surface area (Å²) in [5.74, 6) is 0.170. The van der Waals surface area contributed by atoms with E-state index in [0.29, 0.717) is 16.5 Å². The van der Waals surface area contributed by atoms with Gasteiger partial charge < -0.3 is 5.32 Å². The van der Waals surface area contributed by atoms with E-state index in [-0.39, 0.29) is 17.2 Å². The molecule has 1 aliphatic carbocycles. The second-order valence-electron chi connectivity index (χ2n) is 8.76. The molecule has 146 valence electrons. The number of allylic oxidation sites excluding steroid dienone is 1. The van der Waals surface area contributed by atoms with Gasteiger partial charge in [-0.1, -0.05) is 73.4 Å². The molecule has 0 radical (unpaired) electrons. The molecule has 5 rings (SSSR count). The van der Waals surface area contributed by atoms with E-state index in [1.807, 2.05) is 24.3 Å². The molecule has 0 fully saturated rings. The van der Waals surface area contributed by atoms with Crippen LogP contribution < -0.4 is 5.32 Å². The van der Waals surface area contributed by atoms with E-state index >= 15 is 0 Å². The Hall–Kier alpha value is -2.29. The number of carbonyl (C=O) groups excluding carboxylic acids is 1. The monoisotopic (exact) mass is 421 g/mol. The van der Waals surface area contributed by atoms with Gasteiger partial charge >= 0.3 is 0 Å². The molecule has 3 aromatic carbocycles. The summed E-state index contributed by atoms with van der Waals surface area (Å²) >= 11 is 13.1. The summed E-state index contributed by atoms with van der Waals surface area (Å²) < 4.78 is 0. The van der Waals surface area contributed by atoms with Crippen molar-refractivity contribution in [3.05, 3.63) is 81.3 Å². The number of fused-ring (bicyclic) bond motifs is 4. The van der Waals surface area contributed by atoms with Crippen LogP contribution in [0.3, 0.4) is 0 Å². The zero-order valence-corrected chi connectivity index (χ0v) is 17.9. The topological polar surface area (TPSA) is 29.1 Å². The Morgan fingerprint density at radius 1 is 0.931 bits per heavy atom. The normalized spacial score (nSPS) is 20.3. The molecule has 0 aromatic heterocycles. The van der Waals surface area contributed by atoms with Crippen molar-refractivity contribution < 1.29 is 4.79 Å². The first-order chi connectivity index (χ1) is 13.9. The van der Waals surface area contributed by atoms with Crippen molar-refractivity contribution in [3.8, 4) is 0 Å². The van der Waals surface area contributed by atoms with E-state index in [1.54, 1.807) is 0 Å². The molecule has 4 heteroatoms. The maximum atomic E-state index is 13.4. The molecule has 1 atom stereocenters. The number of hydrogen-bond acceptors (Lipinski definition) is 2. The van der Waals surface area contributed by atoms with E-state index in [9.17, 15) is 4.79 Å². The average Bonchev–Trinajstić information content (AvgIpc) is 2.66. The van der Waals surface area contributed by atoms with Gasteiger partial charge in [0.05, 0.1) is 6.04 Å². The molecule has 3 aromatic rings. The van der Waals surface area contributed by atoms with Gasteiger partial charge in [0.1, 0.15) is 0 Å². The third kappa shape index (κ3) is 2.97. The maximum Gasteiger partial charge on any atom is 0.162 e. The highest BCUT2D eigenvalue weighted by Gasteiger charge is 2.41. The summed E-state index contributed by atoms with van der Waals surface area (Å²) in [6.45, 7) is 4.33. The summed E-state index contributed by atoms with van der Waals surface area (Å²) in [5.41, 5.74) is 4.78. The predicted octanol–water partition coefficient (Wildman–Crippen LogP) is 7.46. The van der Waals surface area contributed by atoms with Crippen LogP contribution in [0.2, 0.25) is 10.0 Å². The van der Waals surface area contributed by atoms with Gasteiger partial charge in [-0.2, -0.15) is 0 Å². The smallest absolute Gasteiger partial charge is 0.162 e. The van der Waals surface area contributed by atoms with E-state index in [4.69, 9.17) is 23.2 Å². The lowest BCUT2D eigenvalue weighted by atomic mass is 9.68. The van der Waals surface area contributed by atoms with Gasteiger partial charge in [0, 0.05) is 38.9 Å². The predicted molar refractivity (Wildman–Crippen MR) is 122 cm³/mol. The summed E-state index contributed by atoms with van der Waals surface area (Å²) in [5, 5.41) is 7.08. The van der Waals surface area contributed by atoms with Crippen molar-refractivity contribution in [3.63, 3.8) is 0 Å². The summed E-state index contributed by atoms with van der Waals surface area (Å²) in [4.78, 5) is 13.4. The number of benzene rings is 3. The number of rotatable bonds is 1. The lowest BCUT2D eigenvalue weighted by Crippen LogP contribution is -2.33. The summed E-state index contributed by atoms with van der Waals surface area (Å²) in [7, 11) is 0. The Morgan fingerprint density at radius 3 is 2.41 bits per heavy atom. The number of Topliss-reactive ketones (excluding diaryl/α,β-unsaturated/α-hetero) is 1. The van der Waals surface area contributed by atoms with Crippen LogP contribution in [-0.2, 0) is 4.79 Å². The molecule has 0 amide bonds. The van der Waals surface area contributed by atoms with Crippen molar-refractivity contribution >= 4 is 51.0 Å². The molecule has 1 heterocycles. The fraction of sp³-hybridized carbons (Fsp3) is 0.240. The van der Waals surface area contributed by atoms with E-state index in [2.05, 4.69) is 49.5 Å². The molecule has 1 unspecified atom stereocenters. The van der Waals surface area contributed by atoms with E-state index < -0.39 is 0 Å². The quantitative estimate of drug-likeness (QED) is 0.441. The second-order valence-corrected chi connectivity index (χ2v) is 9.57. The molecular formula is C25H21Cl2NO. The molecule has 1 aliphatic heterocycles. The Kier molecular flexibility index (Phi) is 4.27. The summed E-state index contributed by atoms with van der Waals surface area (Å²) in [6.07, 6.45) is 1.36. The van der Waals surface area contributed by atoms with Crippen LogP contribution in [0.4, 0.5) is 5.69 Å². The Balaban J connectivity index is 1.84. The fourth-order valence-electron chi connectivity index (χ4n) is 4.84. The third-order valence-electron chi connectivity index (χ3n) is 6.03. The van der Waals surface area contributed by atoms with Crippen LogP contribution in [0.5, 0.6) is 0 Å². The lowest BCUT2D eigenvalue weighted by Gasteiger charge is -2.40. The van der Waals surface area contributed by atoms with Gasteiger partial charge in [0.25, 0.3) is 0 Å². The number of nitrogens with one attached hydrogen (secondary N) is 1. The van der Waals surface area contributed by atoms with Gasteiger partial charge in [-0.05, 0) is 46.4 Å². The van der Waals surface area contributed by atoms with Crippen LogP contribution in [-0.4, -0.2) is 5.78 Å². The summed E-state index contributed by atoms with van der Waals surface area (Å²) in [6, 6.07) is 17.7. The molecule has 1 N–H and O–H groups in total. The largest absolute Gasteiger partial charge is 0.373 e. The molecule has 0 saturated heterocycles. The van der Waals surface area contributed by atoms with Crippen molar-refractivity contribution in [1.29, 1.82) is 0 Å². The number of ketones is 1. The zero-order valence-electron chi connectivity index (χ0n) is 16.4. The second kappa shape index (κ2) is 6.62. The standard InChI is InChI=1S/C25H21Cl2NO/c1-25(2)12-16-21-15-7-4-3-6-14(15)10-11-19(21)28-24(22(16)20(29)13-25)23-17(26)8-5-9-18(23)27/h3-11,24,28H,12-13H2,1-2H3. The molecule has 0 saturated carbocycles. The lowest BCUT2D eigenvalue weighted by molar-refractivity contribution is -0.118. The van der Waals surface area contributed by atoms with Crippen molar-refractivity contribution in [2.45, 2.75) is 32.7 Å². The maximum absolute atomic E-state index is 13.4. The van der Waals surface area contributed by atoms with Gasteiger partial charge in [-0.15, -0.1) is 0 Å². The van der Waals surface area contributed by atoms with Gasteiger partial charge in [0.15, 0.2) is 5.78 Å². The number of hydrogen-bond donors (Lipinski definition) is 1. The van der Waals surface area contributed by atoms with Crippen LogP contribution in [0.25, 0.3) is 16.3 Å². The first-order valence-electron chi connectivity index (χ1n) is 9.84. The molecule has 2 aliphatic rings. The van der Waals surface area contributed by atoms with Gasteiger partial charge in [0.2, 0.25) is 0 Å². The Bertz CT molecular complexity index is 1190. The number of halogens is 2. The Labute approximate surface area is 180 Å². The zero-order chi connectivity index (χ0) is 20.3. The van der Waals surface area contributed by atoms with Crippen molar-refractivity contribution in [2.75, 3.05) is 5.32 Å². The molecular weight excluding hydrogens is 401 g/mol. The highest BCUT2D eigenvalue weighted by molar-refractivity contribution is 6.36. The van der Waals surface area contributed by atoms with Crippen molar-refractivity contribution in [2.24, 2.45) is 5.41 Å². The SMILES string of the molecule is CC1(C)CC(=O)C2=C(C1)c1c(ccc3ccccc13)NC2c1c(Cl)cccc1Cl. The average molecular weight is 422 g/mol. The third-order valence-corrected chi connectivity index (χ3v) is 6.69. The van der Waals surface area contributed by atoms with E-state index in [0.717, 1.165) is 34.4 Å².